The minimum absolute atomic E-state index is 0.110. The summed E-state index contributed by atoms with van der Waals surface area (Å²) in [6.45, 7) is 3.64. The highest BCUT2D eigenvalue weighted by atomic mass is 16.5. The standard InChI is InChI=1S/C19H19NO4/c1-3-11-20-13-14(16-7-5-6-8-17(16)20)9-10-15(21)12-18(22)19(23)24-4-2/h3,5-11,13H,4,12H2,1-2H3/b10-9+,11-3+. The number of rotatable bonds is 7. The number of carbonyl (C=O) groups is 3. The molecular formula is C19H19NO4. The Morgan fingerprint density at radius 2 is 1.96 bits per heavy atom. The highest BCUT2D eigenvalue weighted by molar-refractivity contribution is 6.37. The van der Waals surface area contributed by atoms with Crippen LogP contribution >= 0.6 is 0 Å². The van der Waals surface area contributed by atoms with Crippen molar-refractivity contribution in [2.24, 2.45) is 0 Å². The van der Waals surface area contributed by atoms with Crippen LogP contribution in [0.25, 0.3) is 23.2 Å². The summed E-state index contributed by atoms with van der Waals surface area (Å²) < 4.78 is 6.54. The molecule has 0 aliphatic carbocycles. The SMILES string of the molecule is C/C=C/n1cc(/C=C/C(=O)CC(=O)C(=O)OCC)c2ccccc21. The maximum absolute atomic E-state index is 11.9. The average Bonchev–Trinajstić information content (AvgIpc) is 2.92. The number of allylic oxidation sites excluding steroid dienone is 2. The smallest absolute Gasteiger partial charge is 0.375 e. The van der Waals surface area contributed by atoms with Gasteiger partial charge in [-0.05, 0) is 32.1 Å². The molecule has 5 nitrogen and oxygen atoms in total. The number of hydrogen-bond acceptors (Lipinski definition) is 4. The molecule has 0 saturated carbocycles. The molecule has 5 heteroatoms. The number of fused-ring (bicyclic) bond motifs is 1. The summed E-state index contributed by atoms with van der Waals surface area (Å²) in [5.74, 6) is -2.23. The molecule has 0 N–H and O–H groups in total. The fourth-order valence-corrected chi connectivity index (χ4v) is 2.33. The van der Waals surface area contributed by atoms with Crippen LogP contribution in [0.15, 0.2) is 42.6 Å². The number of Topliss-reactive ketones (excluding diaryl/α,β-unsaturated/α-hetero) is 1. The molecule has 124 valence electrons. The lowest BCUT2D eigenvalue weighted by Gasteiger charge is -1.98. The maximum Gasteiger partial charge on any atom is 0.375 e. The number of ether oxygens (including phenoxy) is 1. The fourth-order valence-electron chi connectivity index (χ4n) is 2.33. The maximum atomic E-state index is 11.9. The summed E-state index contributed by atoms with van der Waals surface area (Å²) in [6.07, 6.45) is 8.24. The first-order valence-electron chi connectivity index (χ1n) is 7.70. The van der Waals surface area contributed by atoms with E-state index < -0.39 is 24.0 Å². The molecule has 0 spiro atoms. The normalized spacial score (nSPS) is 11.4. The van der Waals surface area contributed by atoms with Crippen LogP contribution in [0.1, 0.15) is 25.8 Å². The van der Waals surface area contributed by atoms with Crippen LogP contribution < -0.4 is 0 Å². The first kappa shape index (κ1) is 17.4. The molecule has 2 rings (SSSR count). The number of para-hydroxylation sites is 1. The quantitative estimate of drug-likeness (QED) is 0.339. The molecule has 0 aliphatic rings. The van der Waals surface area contributed by atoms with Crippen molar-refractivity contribution in [1.82, 2.24) is 4.57 Å². The Kier molecular flexibility index (Phi) is 5.84. The van der Waals surface area contributed by atoms with Gasteiger partial charge in [-0.3, -0.25) is 9.59 Å². The van der Waals surface area contributed by atoms with Crippen LogP contribution in [0.3, 0.4) is 0 Å². The van der Waals surface area contributed by atoms with Gasteiger partial charge in [-0.1, -0.05) is 24.3 Å². The van der Waals surface area contributed by atoms with Crippen LogP contribution in [-0.4, -0.2) is 28.7 Å². The van der Waals surface area contributed by atoms with E-state index in [1.165, 1.54) is 6.08 Å². The van der Waals surface area contributed by atoms with Crippen molar-refractivity contribution in [2.45, 2.75) is 20.3 Å². The monoisotopic (exact) mass is 325 g/mol. The van der Waals surface area contributed by atoms with E-state index in [1.807, 2.05) is 54.2 Å². The molecule has 0 unspecified atom stereocenters. The fraction of sp³-hybridized carbons (Fsp3) is 0.211. The zero-order valence-electron chi connectivity index (χ0n) is 13.7. The second kappa shape index (κ2) is 8.06. The minimum atomic E-state index is -0.969. The molecular weight excluding hydrogens is 306 g/mol. The van der Waals surface area contributed by atoms with Gasteiger partial charge in [0, 0.05) is 23.3 Å². The molecule has 1 aromatic heterocycles. The van der Waals surface area contributed by atoms with E-state index in [2.05, 4.69) is 4.74 Å². The number of carbonyl (C=O) groups excluding carboxylic acids is 3. The lowest BCUT2D eigenvalue weighted by Crippen LogP contribution is -2.19. The van der Waals surface area contributed by atoms with Crippen LogP contribution in [0.4, 0.5) is 0 Å². The Morgan fingerprint density at radius 1 is 1.21 bits per heavy atom. The molecule has 0 bridgehead atoms. The molecule has 2 aromatic rings. The van der Waals surface area contributed by atoms with Gasteiger partial charge in [-0.15, -0.1) is 0 Å². The van der Waals surface area contributed by atoms with E-state index in [9.17, 15) is 14.4 Å². The van der Waals surface area contributed by atoms with Crippen molar-refractivity contribution in [3.63, 3.8) is 0 Å². The van der Waals surface area contributed by atoms with E-state index >= 15 is 0 Å². The average molecular weight is 325 g/mol. The van der Waals surface area contributed by atoms with Crippen molar-refractivity contribution in [3.05, 3.63) is 48.2 Å². The summed E-state index contributed by atoms with van der Waals surface area (Å²) in [6, 6.07) is 7.81. The summed E-state index contributed by atoms with van der Waals surface area (Å²) in [7, 11) is 0. The van der Waals surface area contributed by atoms with Gasteiger partial charge in [0.2, 0.25) is 5.78 Å². The van der Waals surface area contributed by atoms with Gasteiger partial charge in [-0.25, -0.2) is 4.79 Å². The number of nitrogens with zero attached hydrogens (tertiary/aromatic N) is 1. The minimum Gasteiger partial charge on any atom is -0.460 e. The molecule has 1 heterocycles. The van der Waals surface area contributed by atoms with Crippen molar-refractivity contribution in [3.8, 4) is 0 Å². The molecule has 0 radical (unpaired) electrons. The predicted octanol–water partition coefficient (Wildman–Crippen LogP) is 3.24. The third-order valence-electron chi connectivity index (χ3n) is 3.37. The third-order valence-corrected chi connectivity index (χ3v) is 3.37. The number of esters is 1. The Hall–Kier alpha value is -2.95. The number of aromatic nitrogens is 1. The summed E-state index contributed by atoms with van der Waals surface area (Å²) in [5, 5.41) is 0.997. The zero-order chi connectivity index (χ0) is 17.5. The number of ketones is 2. The van der Waals surface area contributed by atoms with E-state index in [1.54, 1.807) is 13.0 Å². The number of benzene rings is 1. The lowest BCUT2D eigenvalue weighted by atomic mass is 10.1. The first-order chi connectivity index (χ1) is 11.6. The second-order valence-electron chi connectivity index (χ2n) is 5.11. The van der Waals surface area contributed by atoms with Crippen molar-refractivity contribution >= 4 is 40.7 Å². The van der Waals surface area contributed by atoms with Gasteiger partial charge in [0.05, 0.1) is 18.5 Å². The van der Waals surface area contributed by atoms with Crippen molar-refractivity contribution in [2.75, 3.05) is 6.61 Å². The summed E-state index contributed by atoms with van der Waals surface area (Å²) >= 11 is 0. The molecule has 0 saturated heterocycles. The van der Waals surface area contributed by atoms with Gasteiger partial charge in [-0.2, -0.15) is 0 Å². The lowest BCUT2D eigenvalue weighted by molar-refractivity contribution is -0.154. The van der Waals surface area contributed by atoms with Crippen LogP contribution in [0, 0.1) is 0 Å². The second-order valence-corrected chi connectivity index (χ2v) is 5.11. The van der Waals surface area contributed by atoms with E-state index in [0.29, 0.717) is 0 Å². The Labute approximate surface area is 140 Å². The topological polar surface area (TPSA) is 65.4 Å². The molecule has 0 aliphatic heterocycles. The molecule has 24 heavy (non-hydrogen) atoms. The Bertz CT molecular complexity index is 827. The summed E-state index contributed by atoms with van der Waals surface area (Å²) in [5.41, 5.74) is 1.88. The van der Waals surface area contributed by atoms with E-state index in [0.717, 1.165) is 16.5 Å². The Morgan fingerprint density at radius 3 is 2.67 bits per heavy atom. The van der Waals surface area contributed by atoms with Crippen molar-refractivity contribution in [1.29, 1.82) is 0 Å². The zero-order valence-corrected chi connectivity index (χ0v) is 13.7. The Balaban J connectivity index is 2.17. The van der Waals surface area contributed by atoms with Gasteiger partial charge < -0.3 is 9.30 Å². The molecule has 0 amide bonds. The van der Waals surface area contributed by atoms with Crippen LogP contribution in [-0.2, 0) is 19.1 Å². The van der Waals surface area contributed by atoms with Gasteiger partial charge in [0.25, 0.3) is 0 Å². The summed E-state index contributed by atoms with van der Waals surface area (Å²) in [4.78, 5) is 34.6. The molecule has 0 fully saturated rings. The predicted molar refractivity (Wildman–Crippen MR) is 93.2 cm³/mol. The molecule has 1 aromatic carbocycles. The highest BCUT2D eigenvalue weighted by Crippen LogP contribution is 2.22. The van der Waals surface area contributed by atoms with Crippen LogP contribution in [0.2, 0.25) is 0 Å². The van der Waals surface area contributed by atoms with Crippen molar-refractivity contribution < 1.29 is 19.1 Å². The van der Waals surface area contributed by atoms with E-state index in [4.69, 9.17) is 0 Å². The first-order valence-corrected chi connectivity index (χ1v) is 7.70. The third kappa shape index (κ3) is 4.07. The van der Waals surface area contributed by atoms with E-state index in [-0.39, 0.29) is 6.61 Å². The largest absolute Gasteiger partial charge is 0.460 e. The highest BCUT2D eigenvalue weighted by Gasteiger charge is 2.17. The van der Waals surface area contributed by atoms with Gasteiger partial charge in [0.15, 0.2) is 5.78 Å². The molecule has 0 atom stereocenters. The van der Waals surface area contributed by atoms with Gasteiger partial charge in [0.1, 0.15) is 0 Å². The number of hydrogen-bond donors (Lipinski definition) is 0. The van der Waals surface area contributed by atoms with Gasteiger partial charge >= 0.3 is 5.97 Å². The van der Waals surface area contributed by atoms with Crippen LogP contribution in [0.5, 0.6) is 0 Å².